The second kappa shape index (κ2) is 7.67. The van der Waals surface area contributed by atoms with Gasteiger partial charge in [-0.3, -0.25) is 9.69 Å². The number of piperidine rings is 1. The maximum Gasteiger partial charge on any atom is 0.231 e. The number of carbonyl (C=O) groups excluding carboxylic acids is 1. The van der Waals surface area contributed by atoms with Crippen LogP contribution in [0.15, 0.2) is 18.2 Å². The Bertz CT molecular complexity index is 804. The van der Waals surface area contributed by atoms with Gasteiger partial charge in [-0.2, -0.15) is 0 Å². The summed E-state index contributed by atoms with van der Waals surface area (Å²) in [6.45, 7) is 2.07. The van der Waals surface area contributed by atoms with Crippen molar-refractivity contribution < 1.29 is 22.7 Å². The minimum atomic E-state index is -3.10. The summed E-state index contributed by atoms with van der Waals surface area (Å²) in [5, 5.41) is 2.99. The van der Waals surface area contributed by atoms with Gasteiger partial charge in [0.2, 0.25) is 12.7 Å². The Kier molecular flexibility index (Phi) is 5.27. The molecule has 2 fully saturated rings. The monoisotopic (exact) mass is 394 g/mol. The summed E-state index contributed by atoms with van der Waals surface area (Å²) in [6, 6.07) is 5.27. The van der Waals surface area contributed by atoms with Crippen LogP contribution in [0.2, 0.25) is 0 Å². The smallest absolute Gasteiger partial charge is 0.231 e. The topological polar surface area (TPSA) is 84.9 Å². The van der Waals surface area contributed by atoms with Crippen molar-refractivity contribution in [2.75, 3.05) is 31.4 Å². The molecule has 1 amide bonds. The van der Waals surface area contributed by atoms with Gasteiger partial charge >= 0.3 is 0 Å². The lowest BCUT2D eigenvalue weighted by atomic mass is 10.0. The number of likely N-dealkylation sites (tertiary alicyclic amines) is 1. The molecule has 1 aromatic rings. The Labute approximate surface area is 159 Å². The highest BCUT2D eigenvalue weighted by Gasteiger charge is 2.41. The lowest BCUT2D eigenvalue weighted by molar-refractivity contribution is -0.122. The van der Waals surface area contributed by atoms with E-state index in [0.717, 1.165) is 37.2 Å². The molecule has 8 heteroatoms. The fourth-order valence-electron chi connectivity index (χ4n) is 4.21. The number of hydrogen-bond donors (Lipinski definition) is 1. The molecule has 4 rings (SSSR count). The second-order valence-electron chi connectivity index (χ2n) is 7.60. The minimum absolute atomic E-state index is 0.0456. The lowest BCUT2D eigenvalue weighted by Gasteiger charge is -2.35. The van der Waals surface area contributed by atoms with Gasteiger partial charge in [-0.1, -0.05) is 12.5 Å². The number of ether oxygens (including phenoxy) is 2. The standard InChI is InChI=1S/C19H26N2O5S/c22-19(7-5-14-4-6-17-18(10-14)26-13-25-17)20-15-11-27(23,24)12-16(15)21-8-2-1-3-9-21/h4,6,10,15-16H,1-3,5,7-9,11-13H2,(H,20,22). The zero-order chi connectivity index (χ0) is 18.9. The van der Waals surface area contributed by atoms with E-state index in [4.69, 9.17) is 9.47 Å². The van der Waals surface area contributed by atoms with Crippen LogP contribution in [0, 0.1) is 0 Å². The summed E-state index contributed by atoms with van der Waals surface area (Å²) < 4.78 is 35.0. The SMILES string of the molecule is O=C(CCc1ccc2c(c1)OCO2)NC1CS(=O)(=O)CC1N1CCCCC1. The largest absolute Gasteiger partial charge is 0.454 e. The highest BCUT2D eigenvalue weighted by atomic mass is 32.2. The Morgan fingerprint density at radius 1 is 1.11 bits per heavy atom. The van der Waals surface area contributed by atoms with Crippen LogP contribution in [0.5, 0.6) is 11.5 Å². The number of hydrogen-bond acceptors (Lipinski definition) is 6. The van der Waals surface area contributed by atoms with Crippen molar-refractivity contribution in [2.45, 2.75) is 44.2 Å². The molecule has 3 aliphatic heterocycles. The fraction of sp³-hybridized carbons (Fsp3) is 0.632. The molecule has 1 aromatic carbocycles. The number of nitrogens with zero attached hydrogens (tertiary/aromatic N) is 1. The summed E-state index contributed by atoms with van der Waals surface area (Å²) >= 11 is 0. The van der Waals surface area contributed by atoms with Crippen LogP contribution in [-0.2, 0) is 21.1 Å². The minimum Gasteiger partial charge on any atom is -0.454 e. The number of carbonyl (C=O) groups is 1. The first kappa shape index (κ1) is 18.6. The Morgan fingerprint density at radius 3 is 2.70 bits per heavy atom. The normalized spacial score (nSPS) is 26.8. The molecular weight excluding hydrogens is 368 g/mol. The van der Waals surface area contributed by atoms with Gasteiger partial charge in [-0.05, 0) is 50.0 Å². The van der Waals surface area contributed by atoms with E-state index in [2.05, 4.69) is 10.2 Å². The van der Waals surface area contributed by atoms with Crippen LogP contribution >= 0.6 is 0 Å². The zero-order valence-corrected chi connectivity index (χ0v) is 16.2. The number of benzene rings is 1. The summed E-state index contributed by atoms with van der Waals surface area (Å²) in [6.07, 6.45) is 4.30. The van der Waals surface area contributed by atoms with Crippen molar-refractivity contribution in [3.8, 4) is 11.5 Å². The molecule has 0 bridgehead atoms. The van der Waals surface area contributed by atoms with Crippen molar-refractivity contribution in [1.82, 2.24) is 10.2 Å². The molecule has 0 radical (unpaired) electrons. The molecule has 1 N–H and O–H groups in total. The van der Waals surface area contributed by atoms with E-state index in [-0.39, 0.29) is 36.3 Å². The Balaban J connectivity index is 1.34. The van der Waals surface area contributed by atoms with E-state index in [9.17, 15) is 13.2 Å². The van der Waals surface area contributed by atoms with Gasteiger partial charge < -0.3 is 14.8 Å². The highest BCUT2D eigenvalue weighted by Crippen LogP contribution is 2.32. The third-order valence-electron chi connectivity index (χ3n) is 5.61. The number of sulfone groups is 1. The number of nitrogens with one attached hydrogen (secondary N) is 1. The summed E-state index contributed by atoms with van der Waals surface area (Å²) in [5.74, 6) is 1.53. The maximum absolute atomic E-state index is 12.5. The van der Waals surface area contributed by atoms with E-state index >= 15 is 0 Å². The first-order valence-corrected chi connectivity index (χ1v) is 11.4. The van der Waals surface area contributed by atoms with Crippen molar-refractivity contribution >= 4 is 15.7 Å². The van der Waals surface area contributed by atoms with Gasteiger partial charge in [-0.15, -0.1) is 0 Å². The molecule has 2 unspecified atom stereocenters. The Hall–Kier alpha value is -1.80. The van der Waals surface area contributed by atoms with Crippen LogP contribution < -0.4 is 14.8 Å². The molecule has 0 aliphatic carbocycles. The predicted octanol–water partition coefficient (Wildman–Crippen LogP) is 1.12. The highest BCUT2D eigenvalue weighted by molar-refractivity contribution is 7.91. The van der Waals surface area contributed by atoms with Gasteiger partial charge in [0.05, 0.1) is 17.5 Å². The number of fused-ring (bicyclic) bond motifs is 1. The van der Waals surface area contributed by atoms with Crippen LogP contribution in [0.4, 0.5) is 0 Å². The van der Waals surface area contributed by atoms with Crippen molar-refractivity contribution in [3.63, 3.8) is 0 Å². The third-order valence-corrected chi connectivity index (χ3v) is 7.32. The fourth-order valence-corrected chi connectivity index (χ4v) is 6.16. The summed E-state index contributed by atoms with van der Waals surface area (Å²) in [7, 11) is -3.10. The summed E-state index contributed by atoms with van der Waals surface area (Å²) in [5.41, 5.74) is 1.00. The molecule has 3 aliphatic rings. The molecule has 2 atom stereocenters. The molecule has 2 saturated heterocycles. The summed E-state index contributed by atoms with van der Waals surface area (Å²) in [4.78, 5) is 14.7. The molecule has 3 heterocycles. The van der Waals surface area contributed by atoms with Crippen molar-refractivity contribution in [2.24, 2.45) is 0 Å². The van der Waals surface area contributed by atoms with E-state index in [1.165, 1.54) is 6.42 Å². The van der Waals surface area contributed by atoms with Gasteiger partial charge in [-0.25, -0.2) is 8.42 Å². The second-order valence-corrected chi connectivity index (χ2v) is 9.76. The molecule has 27 heavy (non-hydrogen) atoms. The molecule has 148 valence electrons. The lowest BCUT2D eigenvalue weighted by Crippen LogP contribution is -2.52. The number of rotatable bonds is 5. The van der Waals surface area contributed by atoms with Crippen LogP contribution in [0.1, 0.15) is 31.2 Å². The average Bonchev–Trinajstić information content (AvgIpc) is 3.23. The average molecular weight is 394 g/mol. The molecular formula is C19H26N2O5S. The Morgan fingerprint density at radius 2 is 1.89 bits per heavy atom. The molecule has 7 nitrogen and oxygen atoms in total. The molecule has 0 spiro atoms. The maximum atomic E-state index is 12.5. The number of aryl methyl sites for hydroxylation is 1. The first-order valence-electron chi connectivity index (χ1n) is 9.62. The van der Waals surface area contributed by atoms with Gasteiger partial charge in [0, 0.05) is 12.5 Å². The van der Waals surface area contributed by atoms with Crippen LogP contribution in [0.3, 0.4) is 0 Å². The quantitative estimate of drug-likeness (QED) is 0.806. The third kappa shape index (κ3) is 4.38. The molecule has 0 saturated carbocycles. The number of amides is 1. The first-order chi connectivity index (χ1) is 13.0. The van der Waals surface area contributed by atoms with E-state index < -0.39 is 9.84 Å². The van der Waals surface area contributed by atoms with E-state index in [1.807, 2.05) is 18.2 Å². The van der Waals surface area contributed by atoms with Gasteiger partial charge in [0.15, 0.2) is 21.3 Å². The van der Waals surface area contributed by atoms with Crippen LogP contribution in [-0.4, -0.2) is 62.7 Å². The van der Waals surface area contributed by atoms with Crippen molar-refractivity contribution in [3.05, 3.63) is 23.8 Å². The van der Waals surface area contributed by atoms with Crippen LogP contribution in [0.25, 0.3) is 0 Å². The predicted molar refractivity (Wildman–Crippen MR) is 101 cm³/mol. The van der Waals surface area contributed by atoms with E-state index in [0.29, 0.717) is 18.6 Å². The van der Waals surface area contributed by atoms with Gasteiger partial charge in [0.25, 0.3) is 0 Å². The van der Waals surface area contributed by atoms with E-state index in [1.54, 1.807) is 0 Å². The molecule has 0 aromatic heterocycles. The van der Waals surface area contributed by atoms with Crippen molar-refractivity contribution in [1.29, 1.82) is 0 Å². The van der Waals surface area contributed by atoms with Gasteiger partial charge in [0.1, 0.15) is 0 Å². The zero-order valence-electron chi connectivity index (χ0n) is 15.4.